The van der Waals surface area contributed by atoms with Crippen LogP contribution in [0.1, 0.15) is 90.2 Å². The molecule has 51 heavy (non-hydrogen) atoms. The molecular formula is C39H55N3O7S2. The summed E-state index contributed by atoms with van der Waals surface area (Å²) in [5.41, 5.74) is 3.95. The molecule has 2 fully saturated rings. The van der Waals surface area contributed by atoms with Crippen molar-refractivity contribution in [2.45, 2.75) is 113 Å². The number of amides is 1. The van der Waals surface area contributed by atoms with Gasteiger partial charge in [0.05, 0.1) is 26.2 Å². The van der Waals surface area contributed by atoms with Gasteiger partial charge in [0.15, 0.2) is 0 Å². The molecule has 280 valence electrons. The third-order valence-corrected chi connectivity index (χ3v) is 12.4. The number of amidine groups is 1. The van der Waals surface area contributed by atoms with Gasteiger partial charge in [-0.15, -0.1) is 23.5 Å². The Labute approximate surface area is 312 Å². The molecule has 0 aliphatic carbocycles. The first kappa shape index (κ1) is 39.3. The number of thioether (sulfide) groups is 2. The van der Waals surface area contributed by atoms with E-state index in [1.807, 2.05) is 66.8 Å². The SMILES string of the molecule is Cc1ccc(N(CC2=NCCN2C(=O)OCCC(C)(C)SC2CCCCO2)c2cccc(OC(=O)O)c2CCC(C)(C)SC2CCCCO2)cc1. The fourth-order valence-electron chi connectivity index (χ4n) is 6.58. The van der Waals surface area contributed by atoms with Crippen molar-refractivity contribution in [3.05, 3.63) is 53.6 Å². The molecule has 3 aliphatic heterocycles. The van der Waals surface area contributed by atoms with E-state index in [1.165, 1.54) is 12.8 Å². The number of nitrogens with zero attached hydrogens (tertiary/aromatic N) is 3. The van der Waals surface area contributed by atoms with Crippen molar-refractivity contribution >= 4 is 53.0 Å². The lowest BCUT2D eigenvalue weighted by Gasteiger charge is -2.33. The van der Waals surface area contributed by atoms with Gasteiger partial charge in [0.25, 0.3) is 0 Å². The first-order valence-electron chi connectivity index (χ1n) is 18.3. The molecule has 1 amide bonds. The van der Waals surface area contributed by atoms with Crippen molar-refractivity contribution in [2.75, 3.05) is 44.4 Å². The Balaban J connectivity index is 1.34. The second-order valence-electron chi connectivity index (χ2n) is 14.7. The first-order chi connectivity index (χ1) is 24.4. The maximum absolute atomic E-state index is 13.5. The number of hydrogen-bond donors (Lipinski definition) is 1. The van der Waals surface area contributed by atoms with E-state index in [1.54, 1.807) is 11.0 Å². The molecule has 0 radical (unpaired) electrons. The van der Waals surface area contributed by atoms with Crippen LogP contribution in [0.25, 0.3) is 0 Å². The van der Waals surface area contributed by atoms with Crippen LogP contribution >= 0.6 is 23.5 Å². The van der Waals surface area contributed by atoms with Crippen LogP contribution in [-0.2, 0) is 20.6 Å². The first-order valence-corrected chi connectivity index (χ1v) is 20.1. The minimum absolute atomic E-state index is 0.0948. The van der Waals surface area contributed by atoms with Crippen LogP contribution < -0.4 is 9.64 Å². The molecular weight excluding hydrogens is 687 g/mol. The molecule has 0 aromatic heterocycles. The predicted molar refractivity (Wildman–Crippen MR) is 207 cm³/mol. The van der Waals surface area contributed by atoms with Crippen LogP contribution in [0.5, 0.6) is 5.75 Å². The zero-order chi connectivity index (χ0) is 36.4. The second kappa shape index (κ2) is 18.2. The van der Waals surface area contributed by atoms with Crippen LogP contribution in [0.2, 0.25) is 0 Å². The summed E-state index contributed by atoms with van der Waals surface area (Å²) in [5.74, 6) is 0.904. The van der Waals surface area contributed by atoms with Gasteiger partial charge in [0.1, 0.15) is 22.5 Å². The molecule has 2 aromatic rings. The van der Waals surface area contributed by atoms with E-state index in [-0.39, 0.29) is 26.9 Å². The smallest absolute Gasteiger partial charge is 0.449 e. The molecule has 5 rings (SSSR count). The van der Waals surface area contributed by atoms with Gasteiger partial charge in [0, 0.05) is 39.6 Å². The highest BCUT2D eigenvalue weighted by Gasteiger charge is 2.32. The van der Waals surface area contributed by atoms with Gasteiger partial charge in [-0.2, -0.15) is 0 Å². The quantitative estimate of drug-likeness (QED) is 0.140. The van der Waals surface area contributed by atoms with Crippen LogP contribution in [0.4, 0.5) is 21.0 Å². The van der Waals surface area contributed by atoms with E-state index in [4.69, 9.17) is 23.9 Å². The van der Waals surface area contributed by atoms with E-state index in [0.717, 1.165) is 67.8 Å². The van der Waals surface area contributed by atoms with Gasteiger partial charge in [-0.1, -0.05) is 51.5 Å². The Morgan fingerprint density at radius 3 is 2.20 bits per heavy atom. The van der Waals surface area contributed by atoms with Gasteiger partial charge in [0.2, 0.25) is 0 Å². The van der Waals surface area contributed by atoms with Gasteiger partial charge >= 0.3 is 12.2 Å². The molecule has 10 nitrogen and oxygen atoms in total. The summed E-state index contributed by atoms with van der Waals surface area (Å²) in [6, 6.07) is 13.7. The van der Waals surface area contributed by atoms with Crippen LogP contribution in [-0.4, -0.2) is 87.9 Å². The topological polar surface area (TPSA) is 110 Å². The number of aryl methyl sites for hydroxylation is 1. The summed E-state index contributed by atoms with van der Waals surface area (Å²) in [6.07, 6.45) is 6.95. The van der Waals surface area contributed by atoms with Crippen molar-refractivity contribution < 1.29 is 33.6 Å². The lowest BCUT2D eigenvalue weighted by molar-refractivity contribution is 0.0715. The number of ether oxygens (including phenoxy) is 4. The summed E-state index contributed by atoms with van der Waals surface area (Å²) < 4.78 is 23.0. The maximum Gasteiger partial charge on any atom is 0.511 e. The van der Waals surface area contributed by atoms with Gasteiger partial charge < -0.3 is 29.0 Å². The minimum atomic E-state index is -1.36. The normalized spacial score (nSPS) is 19.8. The van der Waals surface area contributed by atoms with E-state index in [2.05, 4.69) is 32.6 Å². The standard InChI is InChI=1S/C39H55N3O7S2/c1-28-15-17-29(18-16-28)42(27-33-40-22-23-41(33)36(43)48-26-21-39(4,5)51-35-14-7-9-25-47-35)31-11-10-12-32(49-37(44)45)30(31)19-20-38(2,3)50-34-13-6-8-24-46-34/h10-12,15-18,34-35H,6-9,13-14,19-27H2,1-5H3,(H,44,45). The molecule has 3 aliphatic rings. The lowest BCUT2D eigenvalue weighted by Crippen LogP contribution is -2.41. The zero-order valence-corrected chi connectivity index (χ0v) is 32.5. The Hall–Kier alpha value is -2.93. The van der Waals surface area contributed by atoms with E-state index >= 15 is 0 Å². The predicted octanol–water partition coefficient (Wildman–Crippen LogP) is 9.44. The number of anilines is 2. The van der Waals surface area contributed by atoms with Gasteiger partial charge in [-0.05, 0) is 89.0 Å². The number of carboxylic acid groups (broad SMARTS) is 1. The molecule has 3 heterocycles. The summed E-state index contributed by atoms with van der Waals surface area (Å²) in [5, 5.41) is 9.70. The molecule has 2 atom stereocenters. The van der Waals surface area contributed by atoms with Crippen molar-refractivity contribution in [3.63, 3.8) is 0 Å². The Bertz CT molecular complexity index is 1490. The third-order valence-electron chi connectivity index (χ3n) is 9.47. The van der Waals surface area contributed by atoms with Crippen molar-refractivity contribution in [3.8, 4) is 5.75 Å². The number of hydrogen-bond acceptors (Lipinski definition) is 10. The minimum Gasteiger partial charge on any atom is -0.449 e. The van der Waals surface area contributed by atoms with Crippen LogP contribution in [0.3, 0.4) is 0 Å². The second-order valence-corrected chi connectivity index (χ2v) is 18.4. The average Bonchev–Trinajstić information content (AvgIpc) is 3.56. The Morgan fingerprint density at radius 2 is 1.59 bits per heavy atom. The molecule has 2 unspecified atom stereocenters. The molecule has 0 spiro atoms. The van der Waals surface area contributed by atoms with E-state index in [0.29, 0.717) is 44.1 Å². The third kappa shape index (κ3) is 11.8. The van der Waals surface area contributed by atoms with E-state index < -0.39 is 12.2 Å². The number of rotatable bonds is 15. The summed E-state index contributed by atoms with van der Waals surface area (Å²) in [4.78, 5) is 33.9. The molecule has 1 N–H and O–H groups in total. The molecule has 0 saturated carbocycles. The van der Waals surface area contributed by atoms with Crippen molar-refractivity contribution in [1.29, 1.82) is 0 Å². The number of carbonyl (C=O) groups is 2. The molecule has 2 saturated heterocycles. The van der Waals surface area contributed by atoms with Crippen LogP contribution in [0, 0.1) is 6.92 Å². The van der Waals surface area contributed by atoms with Gasteiger partial charge in [-0.3, -0.25) is 9.89 Å². The van der Waals surface area contributed by atoms with Crippen molar-refractivity contribution in [2.24, 2.45) is 4.99 Å². The Kier molecular flexibility index (Phi) is 14.0. The molecule has 0 bridgehead atoms. The molecule has 12 heteroatoms. The average molecular weight is 742 g/mol. The summed E-state index contributed by atoms with van der Waals surface area (Å²) in [6.45, 7) is 13.9. The molecule has 2 aromatic carbocycles. The summed E-state index contributed by atoms with van der Waals surface area (Å²) in [7, 11) is 0. The van der Waals surface area contributed by atoms with Gasteiger partial charge in [-0.25, -0.2) is 9.59 Å². The fraction of sp³-hybridized carbons (Fsp3) is 0.615. The highest BCUT2D eigenvalue weighted by molar-refractivity contribution is 8.01. The Morgan fingerprint density at radius 1 is 0.941 bits per heavy atom. The van der Waals surface area contributed by atoms with Crippen LogP contribution in [0.15, 0.2) is 47.5 Å². The maximum atomic E-state index is 13.5. The lowest BCUT2D eigenvalue weighted by atomic mass is 9.98. The highest BCUT2D eigenvalue weighted by atomic mass is 32.2. The van der Waals surface area contributed by atoms with Crippen molar-refractivity contribution in [1.82, 2.24) is 4.90 Å². The highest BCUT2D eigenvalue weighted by Crippen LogP contribution is 2.41. The van der Waals surface area contributed by atoms with E-state index in [9.17, 15) is 14.7 Å². The largest absolute Gasteiger partial charge is 0.511 e. The zero-order valence-electron chi connectivity index (χ0n) is 30.9. The number of benzene rings is 2. The summed E-state index contributed by atoms with van der Waals surface area (Å²) >= 11 is 3.66. The number of carbonyl (C=O) groups excluding carboxylic acids is 1. The number of aliphatic imine (C=N–C) groups is 1. The fourth-order valence-corrected chi connectivity index (χ4v) is 9.32. The monoisotopic (exact) mass is 741 g/mol.